The summed E-state index contributed by atoms with van der Waals surface area (Å²) in [6.45, 7) is 6.23. The van der Waals surface area contributed by atoms with E-state index in [1.807, 2.05) is 0 Å². The molecule has 0 aliphatic heterocycles. The first-order valence-electron chi connectivity index (χ1n) is 4.30. The van der Waals surface area contributed by atoms with Crippen molar-refractivity contribution in [3.63, 3.8) is 0 Å². The van der Waals surface area contributed by atoms with Gasteiger partial charge >= 0.3 is 11.9 Å². The highest BCUT2D eigenvalue weighted by Crippen LogP contribution is 2.15. The van der Waals surface area contributed by atoms with E-state index in [9.17, 15) is 13.6 Å². The highest BCUT2D eigenvalue weighted by molar-refractivity contribution is 5.88. The molecule has 0 aliphatic carbocycles. The number of esters is 1. The van der Waals surface area contributed by atoms with Crippen LogP contribution in [0.5, 0.6) is 0 Å². The van der Waals surface area contributed by atoms with Gasteiger partial charge in [-0.15, -0.1) is 0 Å². The molecule has 0 unspecified atom stereocenters. The maximum atomic E-state index is 12.6. The van der Waals surface area contributed by atoms with Crippen molar-refractivity contribution in [3.05, 3.63) is 0 Å². The van der Waals surface area contributed by atoms with Crippen LogP contribution >= 0.6 is 0 Å². The summed E-state index contributed by atoms with van der Waals surface area (Å²) in [7, 11) is 0. The van der Waals surface area contributed by atoms with Gasteiger partial charge in [0.25, 0.3) is 0 Å². The first-order chi connectivity index (χ1) is 6.16. The van der Waals surface area contributed by atoms with Gasteiger partial charge in [-0.05, 0) is 26.7 Å². The van der Waals surface area contributed by atoms with Gasteiger partial charge in [-0.1, -0.05) is 6.92 Å². The van der Waals surface area contributed by atoms with Gasteiger partial charge in [0.05, 0.1) is 0 Å². The Hall–Kier alpha value is -1.11. The molecule has 0 aromatic rings. The Morgan fingerprint density at radius 3 is 2.21 bits per heavy atom. The number of carbonyl (C=O) groups is 1. The van der Waals surface area contributed by atoms with Crippen molar-refractivity contribution in [1.82, 2.24) is 0 Å². The van der Waals surface area contributed by atoms with Crippen LogP contribution in [-0.4, -0.2) is 17.5 Å². The van der Waals surface area contributed by atoms with Crippen LogP contribution in [0.1, 0.15) is 34.1 Å². The van der Waals surface area contributed by atoms with Crippen molar-refractivity contribution in [3.8, 4) is 11.8 Å². The molecule has 0 N–H and O–H groups in total. The van der Waals surface area contributed by atoms with Gasteiger partial charge in [0.1, 0.15) is 5.60 Å². The van der Waals surface area contributed by atoms with Gasteiger partial charge < -0.3 is 4.74 Å². The fraction of sp³-hybridized carbons (Fsp3) is 0.700. The Labute approximate surface area is 82.6 Å². The zero-order chi connectivity index (χ0) is 11.4. The van der Waals surface area contributed by atoms with Crippen LogP contribution in [0.2, 0.25) is 0 Å². The quantitative estimate of drug-likeness (QED) is 0.372. The summed E-state index contributed by atoms with van der Waals surface area (Å²) < 4.78 is 29.9. The Morgan fingerprint density at radius 1 is 1.36 bits per heavy atom. The third kappa shape index (κ3) is 6.41. The van der Waals surface area contributed by atoms with Crippen molar-refractivity contribution < 1.29 is 18.3 Å². The SMILES string of the molecule is CCC(F)(F)C#CC(=O)OC(C)(C)C. The first-order valence-corrected chi connectivity index (χ1v) is 4.30. The second-order valence-corrected chi connectivity index (χ2v) is 3.81. The summed E-state index contributed by atoms with van der Waals surface area (Å²) in [4.78, 5) is 10.9. The van der Waals surface area contributed by atoms with E-state index in [0.29, 0.717) is 0 Å². The lowest BCUT2D eigenvalue weighted by Crippen LogP contribution is -2.23. The summed E-state index contributed by atoms with van der Waals surface area (Å²) in [5.74, 6) is -0.697. The van der Waals surface area contributed by atoms with Crippen LogP contribution < -0.4 is 0 Å². The second kappa shape index (κ2) is 4.41. The molecule has 2 nitrogen and oxygen atoms in total. The molecule has 0 fully saturated rings. The Kier molecular flexibility index (Phi) is 4.06. The zero-order valence-corrected chi connectivity index (χ0v) is 8.78. The lowest BCUT2D eigenvalue weighted by Gasteiger charge is -2.17. The van der Waals surface area contributed by atoms with E-state index in [4.69, 9.17) is 4.74 Å². The Bertz CT molecular complexity index is 266. The highest BCUT2D eigenvalue weighted by Gasteiger charge is 2.23. The predicted octanol–water partition coefficient (Wildman–Crippen LogP) is 2.38. The summed E-state index contributed by atoms with van der Waals surface area (Å²) in [6.07, 6.45) is -0.414. The third-order valence-corrected chi connectivity index (χ3v) is 1.19. The fourth-order valence-electron chi connectivity index (χ4n) is 0.534. The van der Waals surface area contributed by atoms with E-state index in [-0.39, 0.29) is 0 Å². The minimum atomic E-state index is -3.11. The van der Waals surface area contributed by atoms with E-state index >= 15 is 0 Å². The number of hydrogen-bond donors (Lipinski definition) is 0. The minimum Gasteiger partial charge on any atom is -0.450 e. The van der Waals surface area contributed by atoms with Crippen molar-refractivity contribution >= 4 is 5.97 Å². The zero-order valence-electron chi connectivity index (χ0n) is 8.78. The van der Waals surface area contributed by atoms with Crippen molar-refractivity contribution in [1.29, 1.82) is 0 Å². The Balaban J connectivity index is 4.33. The summed E-state index contributed by atoms with van der Waals surface area (Å²) in [5, 5.41) is 0. The fourth-order valence-corrected chi connectivity index (χ4v) is 0.534. The van der Waals surface area contributed by atoms with Gasteiger partial charge in [-0.3, -0.25) is 0 Å². The standard InChI is InChI=1S/C10H14F2O2/c1-5-10(11,12)7-6-8(13)14-9(2,3)4/h5H2,1-4H3. The molecule has 0 atom stereocenters. The molecule has 0 saturated heterocycles. The van der Waals surface area contributed by atoms with Crippen LogP contribution in [-0.2, 0) is 9.53 Å². The van der Waals surface area contributed by atoms with Gasteiger partial charge in [-0.2, -0.15) is 8.78 Å². The van der Waals surface area contributed by atoms with Gasteiger partial charge in [-0.25, -0.2) is 4.79 Å². The van der Waals surface area contributed by atoms with Crippen LogP contribution in [0.3, 0.4) is 0 Å². The molecule has 0 spiro atoms. The first kappa shape index (κ1) is 12.9. The van der Waals surface area contributed by atoms with Gasteiger partial charge in [0.15, 0.2) is 0 Å². The lowest BCUT2D eigenvalue weighted by atomic mass is 10.2. The average molecular weight is 204 g/mol. The molecule has 0 aliphatic rings. The normalized spacial score (nSPS) is 11.6. The number of hydrogen-bond acceptors (Lipinski definition) is 2. The number of ether oxygens (including phenoxy) is 1. The smallest absolute Gasteiger partial charge is 0.385 e. The number of rotatable bonds is 1. The van der Waals surface area contributed by atoms with E-state index in [1.54, 1.807) is 32.6 Å². The van der Waals surface area contributed by atoms with E-state index in [2.05, 4.69) is 0 Å². The largest absolute Gasteiger partial charge is 0.450 e. The summed E-state index contributed by atoms with van der Waals surface area (Å²) in [6, 6.07) is 0. The molecule has 0 radical (unpaired) electrons. The van der Waals surface area contributed by atoms with Crippen LogP contribution in [0.25, 0.3) is 0 Å². The predicted molar refractivity (Wildman–Crippen MR) is 48.9 cm³/mol. The van der Waals surface area contributed by atoms with Crippen LogP contribution in [0, 0.1) is 11.8 Å². The molecule has 80 valence electrons. The van der Waals surface area contributed by atoms with Crippen molar-refractivity contribution in [2.45, 2.75) is 45.6 Å². The summed E-state index contributed by atoms with van der Waals surface area (Å²) >= 11 is 0. The molecule has 0 amide bonds. The second-order valence-electron chi connectivity index (χ2n) is 3.81. The monoisotopic (exact) mass is 204 g/mol. The molecule has 14 heavy (non-hydrogen) atoms. The average Bonchev–Trinajstić information content (AvgIpc) is 1.98. The summed E-state index contributed by atoms with van der Waals surface area (Å²) in [5.41, 5.74) is -0.701. The van der Waals surface area contributed by atoms with Crippen LogP contribution in [0.15, 0.2) is 0 Å². The molecule has 0 heterocycles. The molecule has 4 heteroatoms. The molecular weight excluding hydrogens is 190 g/mol. The van der Waals surface area contributed by atoms with Gasteiger partial charge in [0.2, 0.25) is 0 Å². The molecule has 0 aromatic carbocycles. The van der Waals surface area contributed by atoms with E-state index in [0.717, 1.165) is 0 Å². The van der Waals surface area contributed by atoms with Crippen LogP contribution in [0.4, 0.5) is 8.78 Å². The van der Waals surface area contributed by atoms with Gasteiger partial charge in [0, 0.05) is 12.3 Å². The number of carbonyl (C=O) groups excluding carboxylic acids is 1. The third-order valence-electron chi connectivity index (χ3n) is 1.19. The molecule has 0 bridgehead atoms. The Morgan fingerprint density at radius 2 is 1.86 bits per heavy atom. The number of halogens is 2. The lowest BCUT2D eigenvalue weighted by molar-refractivity contribution is -0.147. The highest BCUT2D eigenvalue weighted by atomic mass is 19.3. The molecule has 0 saturated carbocycles. The number of alkyl halides is 2. The van der Waals surface area contributed by atoms with Crippen molar-refractivity contribution in [2.24, 2.45) is 0 Å². The maximum Gasteiger partial charge on any atom is 0.385 e. The van der Waals surface area contributed by atoms with E-state index in [1.165, 1.54) is 6.92 Å². The molecular formula is C10H14F2O2. The maximum absolute atomic E-state index is 12.6. The van der Waals surface area contributed by atoms with Crippen molar-refractivity contribution in [2.75, 3.05) is 0 Å². The minimum absolute atomic E-state index is 0.414. The topological polar surface area (TPSA) is 26.3 Å². The molecule has 0 rings (SSSR count). The van der Waals surface area contributed by atoms with E-state index < -0.39 is 23.9 Å². The molecule has 0 aromatic heterocycles.